The molecule has 0 aliphatic rings. The van der Waals surface area contributed by atoms with Gasteiger partial charge in [0.2, 0.25) is 0 Å². The zero-order valence-corrected chi connectivity index (χ0v) is 15.5. The van der Waals surface area contributed by atoms with Crippen LogP contribution in [0, 0.1) is 13.8 Å². The Balaban J connectivity index is 1.54. The van der Waals surface area contributed by atoms with Crippen molar-refractivity contribution >= 4 is 11.6 Å². The SMILES string of the molecule is Cc1ccc2nc(COC(=O)c3cnn(-c4ccccc4)c3C)cc(=O)n2c1. The molecule has 0 saturated carbocycles. The summed E-state index contributed by atoms with van der Waals surface area (Å²) < 4.78 is 8.52. The van der Waals surface area contributed by atoms with E-state index in [0.29, 0.717) is 22.6 Å². The molecular weight excluding hydrogens is 356 g/mol. The molecule has 7 nitrogen and oxygen atoms in total. The number of aromatic nitrogens is 4. The highest BCUT2D eigenvalue weighted by Gasteiger charge is 2.17. The third kappa shape index (κ3) is 3.29. The second-order valence-corrected chi connectivity index (χ2v) is 6.49. The molecule has 0 N–H and O–H groups in total. The highest BCUT2D eigenvalue weighted by atomic mass is 16.5. The molecule has 28 heavy (non-hydrogen) atoms. The normalized spacial score (nSPS) is 10.9. The van der Waals surface area contributed by atoms with Crippen molar-refractivity contribution in [1.82, 2.24) is 19.2 Å². The molecule has 0 aliphatic carbocycles. The first kappa shape index (κ1) is 17.7. The summed E-state index contributed by atoms with van der Waals surface area (Å²) in [6, 6.07) is 14.5. The minimum Gasteiger partial charge on any atom is -0.455 e. The number of benzene rings is 1. The zero-order chi connectivity index (χ0) is 19.7. The average Bonchev–Trinajstić information content (AvgIpc) is 3.09. The average molecular weight is 374 g/mol. The predicted octanol–water partition coefficient (Wildman–Crippen LogP) is 2.85. The summed E-state index contributed by atoms with van der Waals surface area (Å²) in [7, 11) is 0. The fourth-order valence-corrected chi connectivity index (χ4v) is 2.99. The largest absolute Gasteiger partial charge is 0.455 e. The minimum atomic E-state index is -0.509. The fourth-order valence-electron chi connectivity index (χ4n) is 2.99. The Morgan fingerprint density at radius 1 is 1.11 bits per heavy atom. The molecule has 0 saturated heterocycles. The van der Waals surface area contributed by atoms with Gasteiger partial charge in [0.25, 0.3) is 5.56 Å². The molecule has 0 fully saturated rings. The third-order valence-corrected chi connectivity index (χ3v) is 4.44. The lowest BCUT2D eigenvalue weighted by molar-refractivity contribution is 0.0467. The van der Waals surface area contributed by atoms with Crippen molar-refractivity contribution in [3.05, 3.63) is 93.8 Å². The van der Waals surface area contributed by atoms with Crippen LogP contribution in [0.5, 0.6) is 0 Å². The number of rotatable bonds is 4. The van der Waals surface area contributed by atoms with E-state index in [2.05, 4.69) is 10.1 Å². The lowest BCUT2D eigenvalue weighted by atomic mass is 10.2. The smallest absolute Gasteiger partial charge is 0.342 e. The molecule has 4 aromatic rings. The van der Waals surface area contributed by atoms with Gasteiger partial charge in [0, 0.05) is 12.3 Å². The van der Waals surface area contributed by atoms with Crippen LogP contribution < -0.4 is 5.56 Å². The van der Waals surface area contributed by atoms with Gasteiger partial charge in [0.1, 0.15) is 17.8 Å². The molecule has 3 aromatic heterocycles. The van der Waals surface area contributed by atoms with E-state index in [1.54, 1.807) is 23.9 Å². The van der Waals surface area contributed by atoms with Gasteiger partial charge in [-0.2, -0.15) is 5.10 Å². The van der Waals surface area contributed by atoms with Gasteiger partial charge in [-0.25, -0.2) is 14.5 Å². The Morgan fingerprint density at radius 3 is 2.68 bits per heavy atom. The van der Waals surface area contributed by atoms with E-state index in [1.807, 2.05) is 43.3 Å². The van der Waals surface area contributed by atoms with Crippen LogP contribution in [0.3, 0.4) is 0 Å². The van der Waals surface area contributed by atoms with E-state index >= 15 is 0 Å². The van der Waals surface area contributed by atoms with Crippen LogP contribution in [0.15, 0.2) is 65.7 Å². The molecule has 0 amide bonds. The predicted molar refractivity (Wildman–Crippen MR) is 104 cm³/mol. The molecule has 0 spiro atoms. The highest BCUT2D eigenvalue weighted by molar-refractivity contribution is 5.90. The number of carbonyl (C=O) groups is 1. The first-order chi connectivity index (χ1) is 13.5. The standard InChI is InChI=1S/C21H18N4O3/c1-14-8-9-19-23-16(10-20(26)24(19)12-14)13-28-21(27)18-11-22-25(15(18)2)17-6-4-3-5-7-17/h3-12H,13H2,1-2H3. The summed E-state index contributed by atoms with van der Waals surface area (Å²) in [5.41, 5.74) is 3.57. The lowest BCUT2D eigenvalue weighted by Gasteiger charge is -2.07. The van der Waals surface area contributed by atoms with Crippen molar-refractivity contribution in [2.45, 2.75) is 20.5 Å². The Kier molecular flexibility index (Phi) is 4.49. The van der Waals surface area contributed by atoms with E-state index in [0.717, 1.165) is 11.3 Å². The maximum Gasteiger partial charge on any atom is 0.342 e. The van der Waals surface area contributed by atoms with Crippen LogP contribution in [-0.4, -0.2) is 25.1 Å². The summed E-state index contributed by atoms with van der Waals surface area (Å²) in [6.07, 6.45) is 3.21. The number of para-hydroxylation sites is 1. The molecule has 0 bridgehead atoms. The molecule has 0 radical (unpaired) electrons. The van der Waals surface area contributed by atoms with Gasteiger partial charge in [-0.3, -0.25) is 9.20 Å². The maximum atomic E-state index is 12.5. The number of hydrogen-bond acceptors (Lipinski definition) is 5. The summed E-state index contributed by atoms with van der Waals surface area (Å²) >= 11 is 0. The number of aryl methyl sites for hydroxylation is 1. The number of nitrogens with zero attached hydrogens (tertiary/aromatic N) is 4. The minimum absolute atomic E-state index is 0.0889. The number of carbonyl (C=O) groups excluding carboxylic acids is 1. The van der Waals surface area contributed by atoms with Crippen LogP contribution in [0.2, 0.25) is 0 Å². The summed E-state index contributed by atoms with van der Waals surface area (Å²) in [5, 5.41) is 4.27. The number of pyridine rings is 1. The first-order valence-corrected chi connectivity index (χ1v) is 8.79. The molecule has 0 unspecified atom stereocenters. The van der Waals surface area contributed by atoms with Crippen LogP contribution >= 0.6 is 0 Å². The molecule has 4 rings (SSSR count). The second-order valence-electron chi connectivity index (χ2n) is 6.49. The van der Waals surface area contributed by atoms with Crippen molar-refractivity contribution in [2.75, 3.05) is 0 Å². The van der Waals surface area contributed by atoms with Gasteiger partial charge in [-0.1, -0.05) is 24.3 Å². The van der Waals surface area contributed by atoms with Crippen LogP contribution in [0.25, 0.3) is 11.3 Å². The number of esters is 1. The van der Waals surface area contributed by atoms with E-state index in [9.17, 15) is 9.59 Å². The summed E-state index contributed by atoms with van der Waals surface area (Å²) in [5.74, 6) is -0.509. The Labute approximate surface area is 160 Å². The van der Waals surface area contributed by atoms with Gasteiger partial charge in [0.05, 0.1) is 23.3 Å². The van der Waals surface area contributed by atoms with Crippen molar-refractivity contribution < 1.29 is 9.53 Å². The zero-order valence-electron chi connectivity index (χ0n) is 15.5. The van der Waals surface area contributed by atoms with Gasteiger partial charge in [-0.15, -0.1) is 0 Å². The Bertz CT molecular complexity index is 1230. The van der Waals surface area contributed by atoms with Crippen LogP contribution in [-0.2, 0) is 11.3 Å². The van der Waals surface area contributed by atoms with Gasteiger partial charge < -0.3 is 4.74 Å². The van der Waals surface area contributed by atoms with Gasteiger partial charge >= 0.3 is 5.97 Å². The second kappa shape index (κ2) is 7.11. The van der Waals surface area contributed by atoms with Crippen molar-refractivity contribution in [3.63, 3.8) is 0 Å². The maximum absolute atomic E-state index is 12.5. The summed E-state index contributed by atoms with van der Waals surface area (Å²) in [6.45, 7) is 3.62. The van der Waals surface area contributed by atoms with Crippen LogP contribution in [0.1, 0.15) is 27.3 Å². The molecule has 3 heterocycles. The van der Waals surface area contributed by atoms with Crippen molar-refractivity contribution in [3.8, 4) is 5.69 Å². The number of ether oxygens (including phenoxy) is 1. The van der Waals surface area contributed by atoms with Gasteiger partial charge in [-0.05, 0) is 37.6 Å². The van der Waals surface area contributed by atoms with E-state index in [4.69, 9.17) is 4.74 Å². The quantitative estimate of drug-likeness (QED) is 0.513. The topological polar surface area (TPSA) is 78.5 Å². The molecule has 1 aromatic carbocycles. The number of fused-ring (bicyclic) bond motifs is 1. The third-order valence-electron chi connectivity index (χ3n) is 4.44. The molecular formula is C21H18N4O3. The van der Waals surface area contributed by atoms with Crippen LogP contribution in [0.4, 0.5) is 0 Å². The molecule has 7 heteroatoms. The molecule has 0 atom stereocenters. The van der Waals surface area contributed by atoms with Gasteiger partial charge in [0.15, 0.2) is 0 Å². The lowest BCUT2D eigenvalue weighted by Crippen LogP contribution is -2.17. The fraction of sp³-hybridized carbons (Fsp3) is 0.143. The van der Waals surface area contributed by atoms with E-state index in [-0.39, 0.29) is 12.2 Å². The summed E-state index contributed by atoms with van der Waals surface area (Å²) in [4.78, 5) is 29.1. The van der Waals surface area contributed by atoms with Crippen molar-refractivity contribution in [1.29, 1.82) is 0 Å². The first-order valence-electron chi connectivity index (χ1n) is 8.79. The monoisotopic (exact) mass is 374 g/mol. The van der Waals surface area contributed by atoms with Crippen molar-refractivity contribution in [2.24, 2.45) is 0 Å². The van der Waals surface area contributed by atoms with E-state index < -0.39 is 5.97 Å². The number of hydrogen-bond donors (Lipinski definition) is 0. The molecule has 0 aliphatic heterocycles. The molecule has 140 valence electrons. The Hall–Kier alpha value is -3.74. The Morgan fingerprint density at radius 2 is 1.89 bits per heavy atom. The highest BCUT2D eigenvalue weighted by Crippen LogP contribution is 2.15. The van der Waals surface area contributed by atoms with E-state index in [1.165, 1.54) is 16.7 Å².